The van der Waals surface area contributed by atoms with Crippen molar-refractivity contribution in [3.05, 3.63) is 27.0 Å². The van der Waals surface area contributed by atoms with Gasteiger partial charge in [0.2, 0.25) is 5.91 Å². The molecule has 0 unspecified atom stereocenters. The maximum atomic E-state index is 12.5. The number of nitrogens with one attached hydrogen (secondary N) is 2. The summed E-state index contributed by atoms with van der Waals surface area (Å²) in [6.45, 7) is 7.83. The number of rotatable bonds is 3. The molecule has 2 N–H and O–H groups in total. The van der Waals surface area contributed by atoms with E-state index < -0.39 is 5.41 Å². The lowest BCUT2D eigenvalue weighted by atomic mass is 9.95. The van der Waals surface area contributed by atoms with Crippen LogP contribution in [0, 0.1) is 5.41 Å². The fourth-order valence-electron chi connectivity index (χ4n) is 2.17. The van der Waals surface area contributed by atoms with Gasteiger partial charge in [-0.05, 0) is 6.92 Å². The Hall–Kier alpha value is -2.11. The number of aromatic amines is 1. The van der Waals surface area contributed by atoms with Crippen molar-refractivity contribution >= 4 is 11.6 Å². The van der Waals surface area contributed by atoms with E-state index in [0.717, 1.165) is 11.4 Å². The average molecular weight is 291 g/mol. The van der Waals surface area contributed by atoms with E-state index in [4.69, 9.17) is 4.74 Å². The van der Waals surface area contributed by atoms with E-state index in [9.17, 15) is 9.59 Å². The molecule has 0 aromatic carbocycles. The number of carbonyl (C=O) groups is 1. The van der Waals surface area contributed by atoms with Crippen LogP contribution in [-0.2, 0) is 17.9 Å². The molecule has 0 aliphatic carbocycles. The van der Waals surface area contributed by atoms with Gasteiger partial charge in [0.05, 0.1) is 37.2 Å². The number of methoxy groups -OCH3 is 1. The lowest BCUT2D eigenvalue weighted by molar-refractivity contribution is -0.128. The van der Waals surface area contributed by atoms with Crippen LogP contribution in [0.5, 0.6) is 5.88 Å². The Kier molecular flexibility index (Phi) is 3.89. The van der Waals surface area contributed by atoms with Gasteiger partial charge < -0.3 is 15.0 Å². The smallest absolute Gasteiger partial charge is 0.225 e. The van der Waals surface area contributed by atoms with Crippen LogP contribution in [-0.4, -0.2) is 23.7 Å². The number of fused-ring (bicyclic) bond motifs is 1. The highest BCUT2D eigenvalue weighted by molar-refractivity contribution is 6.00. The van der Waals surface area contributed by atoms with Crippen LogP contribution in [0.1, 0.15) is 44.5 Å². The minimum atomic E-state index is -0.504. The van der Waals surface area contributed by atoms with Crippen LogP contribution in [0.25, 0.3) is 0 Å². The van der Waals surface area contributed by atoms with Gasteiger partial charge in [-0.3, -0.25) is 14.6 Å². The summed E-state index contributed by atoms with van der Waals surface area (Å²) in [5.74, 6) is 0.265. The highest BCUT2D eigenvalue weighted by atomic mass is 16.5. The van der Waals surface area contributed by atoms with Crippen molar-refractivity contribution in [1.29, 1.82) is 0 Å². The molecular weight excluding hydrogens is 270 g/mol. The summed E-state index contributed by atoms with van der Waals surface area (Å²) in [7, 11) is 1.49. The first kappa shape index (κ1) is 15.3. The fraction of sp³-hybridized carbons (Fsp3) is 0.533. The number of pyridine rings is 1. The van der Waals surface area contributed by atoms with Crippen LogP contribution in [0.4, 0.5) is 0 Å². The van der Waals surface area contributed by atoms with E-state index in [0.29, 0.717) is 23.6 Å². The first-order valence-electron chi connectivity index (χ1n) is 6.87. The van der Waals surface area contributed by atoms with Gasteiger partial charge in [0.15, 0.2) is 11.3 Å². The Morgan fingerprint density at radius 3 is 2.67 bits per heavy atom. The summed E-state index contributed by atoms with van der Waals surface area (Å²) in [5, 5.41) is 2.78. The lowest BCUT2D eigenvalue weighted by Crippen LogP contribution is -2.36. The Morgan fingerprint density at radius 2 is 2.10 bits per heavy atom. The number of amides is 1. The molecule has 1 amide bonds. The zero-order valence-electron chi connectivity index (χ0n) is 13.1. The molecule has 114 valence electrons. The summed E-state index contributed by atoms with van der Waals surface area (Å²) >= 11 is 0. The van der Waals surface area contributed by atoms with E-state index in [1.54, 1.807) is 0 Å². The monoisotopic (exact) mass is 291 g/mol. The van der Waals surface area contributed by atoms with Gasteiger partial charge in [-0.15, -0.1) is 0 Å². The summed E-state index contributed by atoms with van der Waals surface area (Å²) in [6.07, 6.45) is 0. The van der Waals surface area contributed by atoms with Crippen molar-refractivity contribution in [3.8, 4) is 5.88 Å². The molecule has 6 nitrogen and oxygen atoms in total. The van der Waals surface area contributed by atoms with Gasteiger partial charge in [0.25, 0.3) is 0 Å². The third kappa shape index (κ3) is 2.84. The van der Waals surface area contributed by atoms with Gasteiger partial charge in [-0.1, -0.05) is 20.8 Å². The lowest BCUT2D eigenvalue weighted by Gasteiger charge is -2.18. The van der Waals surface area contributed by atoms with Gasteiger partial charge in [0, 0.05) is 11.0 Å². The van der Waals surface area contributed by atoms with Crippen LogP contribution >= 0.6 is 0 Å². The van der Waals surface area contributed by atoms with E-state index in [-0.39, 0.29) is 17.9 Å². The fourth-order valence-corrected chi connectivity index (χ4v) is 2.17. The number of aliphatic imine (C=N–C) groups is 1. The molecule has 0 saturated carbocycles. The van der Waals surface area contributed by atoms with Crippen molar-refractivity contribution in [1.82, 2.24) is 10.3 Å². The van der Waals surface area contributed by atoms with E-state index in [1.165, 1.54) is 7.11 Å². The molecule has 0 saturated heterocycles. The van der Waals surface area contributed by atoms with Crippen molar-refractivity contribution in [2.75, 3.05) is 7.11 Å². The standard InChI is InChI=1S/C15H21N3O3/c1-8-11-9(6-16-8)12(19)10(13(18-11)21-5)7-17-14(20)15(2,3)4/h6-7H2,1-5H3,(H,17,20)(H,18,19). The average Bonchev–Trinajstić information content (AvgIpc) is 2.78. The van der Waals surface area contributed by atoms with Gasteiger partial charge in [-0.2, -0.15) is 0 Å². The summed E-state index contributed by atoms with van der Waals surface area (Å²) in [4.78, 5) is 31.8. The quantitative estimate of drug-likeness (QED) is 0.882. The number of carbonyl (C=O) groups excluding carboxylic acids is 1. The van der Waals surface area contributed by atoms with E-state index >= 15 is 0 Å². The minimum Gasteiger partial charge on any atom is -0.482 e. The third-order valence-electron chi connectivity index (χ3n) is 3.51. The van der Waals surface area contributed by atoms with Crippen LogP contribution in [0.2, 0.25) is 0 Å². The molecule has 21 heavy (non-hydrogen) atoms. The molecule has 0 spiro atoms. The molecule has 2 heterocycles. The first-order chi connectivity index (χ1) is 9.75. The Labute approximate surface area is 123 Å². The molecule has 0 fully saturated rings. The molecular formula is C15H21N3O3. The summed E-state index contributed by atoms with van der Waals surface area (Å²) in [5.41, 5.74) is 1.96. The number of nitrogens with zero attached hydrogens (tertiary/aromatic N) is 1. The van der Waals surface area contributed by atoms with Crippen LogP contribution in [0.15, 0.2) is 9.79 Å². The Morgan fingerprint density at radius 1 is 1.43 bits per heavy atom. The predicted octanol–water partition coefficient (Wildman–Crippen LogP) is 1.37. The first-order valence-corrected chi connectivity index (χ1v) is 6.87. The maximum Gasteiger partial charge on any atom is 0.225 e. The molecule has 0 bridgehead atoms. The predicted molar refractivity (Wildman–Crippen MR) is 80.8 cm³/mol. The second kappa shape index (κ2) is 5.35. The topological polar surface area (TPSA) is 83.5 Å². The van der Waals surface area contributed by atoms with Crippen LogP contribution in [0.3, 0.4) is 0 Å². The second-order valence-electron chi connectivity index (χ2n) is 6.15. The third-order valence-corrected chi connectivity index (χ3v) is 3.51. The summed E-state index contributed by atoms with van der Waals surface area (Å²) < 4.78 is 5.26. The SMILES string of the molecule is COc1[nH]c2c(c(=O)c1CNC(=O)C(C)(C)C)CN=C2C. The van der Waals surface area contributed by atoms with E-state index in [1.807, 2.05) is 27.7 Å². The minimum absolute atomic E-state index is 0.114. The molecule has 1 aliphatic rings. The second-order valence-corrected chi connectivity index (χ2v) is 6.15. The number of hydrogen-bond acceptors (Lipinski definition) is 4. The highest BCUT2D eigenvalue weighted by Crippen LogP contribution is 2.20. The van der Waals surface area contributed by atoms with Crippen molar-refractivity contribution in [2.24, 2.45) is 10.4 Å². The maximum absolute atomic E-state index is 12.5. The largest absolute Gasteiger partial charge is 0.482 e. The number of H-pyrrole nitrogens is 1. The molecule has 0 atom stereocenters. The molecule has 2 rings (SSSR count). The molecule has 1 aromatic rings. The Balaban J connectivity index is 2.33. The van der Waals surface area contributed by atoms with Crippen molar-refractivity contribution in [2.45, 2.75) is 40.8 Å². The number of aromatic nitrogens is 1. The number of hydrogen-bond donors (Lipinski definition) is 2. The van der Waals surface area contributed by atoms with Crippen molar-refractivity contribution < 1.29 is 9.53 Å². The van der Waals surface area contributed by atoms with Crippen LogP contribution < -0.4 is 15.5 Å². The Bertz CT molecular complexity index is 666. The normalized spacial score (nSPS) is 13.7. The molecule has 1 aliphatic heterocycles. The highest BCUT2D eigenvalue weighted by Gasteiger charge is 2.25. The van der Waals surface area contributed by atoms with Crippen molar-refractivity contribution in [3.63, 3.8) is 0 Å². The molecule has 0 radical (unpaired) electrons. The summed E-state index contributed by atoms with van der Waals surface area (Å²) in [6, 6.07) is 0. The zero-order chi connectivity index (χ0) is 15.8. The van der Waals surface area contributed by atoms with Gasteiger partial charge >= 0.3 is 0 Å². The number of ether oxygens (including phenoxy) is 1. The zero-order valence-corrected chi connectivity index (χ0v) is 13.1. The van der Waals surface area contributed by atoms with Gasteiger partial charge in [0.1, 0.15) is 0 Å². The molecule has 6 heteroatoms. The molecule has 1 aromatic heterocycles. The van der Waals surface area contributed by atoms with Gasteiger partial charge in [-0.25, -0.2) is 0 Å². The van der Waals surface area contributed by atoms with E-state index in [2.05, 4.69) is 15.3 Å².